The number of carbonyl (C=O) groups is 2. The number of nitrogens with one attached hydrogen (secondary N) is 3. The van der Waals surface area contributed by atoms with Gasteiger partial charge in [-0.1, -0.05) is 0 Å². The lowest BCUT2D eigenvalue weighted by Gasteiger charge is -2.10. The average molecular weight is 390 g/mol. The van der Waals surface area contributed by atoms with Crippen molar-refractivity contribution in [3.63, 3.8) is 0 Å². The molecule has 0 saturated carbocycles. The minimum absolute atomic E-state index is 0.124. The van der Waals surface area contributed by atoms with Crippen molar-refractivity contribution in [3.8, 4) is 5.75 Å². The van der Waals surface area contributed by atoms with Crippen LogP contribution < -0.4 is 20.7 Å². The van der Waals surface area contributed by atoms with Crippen LogP contribution >= 0.6 is 0 Å². The quantitative estimate of drug-likeness (QED) is 0.555. The molecule has 0 saturated heterocycles. The maximum Gasteiger partial charge on any atom is 0.257 e. The first-order valence-corrected chi connectivity index (χ1v) is 9.17. The molecule has 0 spiro atoms. The van der Waals surface area contributed by atoms with Crippen LogP contribution in [0.4, 0.5) is 22.7 Å². The number of aromatic nitrogens is 1. The van der Waals surface area contributed by atoms with Crippen LogP contribution in [0.2, 0.25) is 0 Å². The zero-order valence-electron chi connectivity index (χ0n) is 16.2. The molecule has 3 N–H and O–H groups in total. The van der Waals surface area contributed by atoms with Gasteiger partial charge in [-0.05, 0) is 61.5 Å². The topological polar surface area (TPSA) is 92.3 Å². The number of anilines is 4. The molecule has 0 aliphatic carbocycles. The molecule has 1 aromatic heterocycles. The lowest BCUT2D eigenvalue weighted by molar-refractivity contribution is -0.114. The van der Waals surface area contributed by atoms with Gasteiger partial charge >= 0.3 is 0 Å². The largest absolute Gasteiger partial charge is 0.494 e. The van der Waals surface area contributed by atoms with E-state index in [1.807, 2.05) is 19.1 Å². The first-order chi connectivity index (χ1) is 14.0. The first kappa shape index (κ1) is 19.9. The summed E-state index contributed by atoms with van der Waals surface area (Å²) in [6, 6.07) is 16.2. The molecule has 0 unspecified atom stereocenters. The second kappa shape index (κ2) is 9.36. The summed E-state index contributed by atoms with van der Waals surface area (Å²) in [7, 11) is 0. The molecule has 0 atom stereocenters. The smallest absolute Gasteiger partial charge is 0.257 e. The van der Waals surface area contributed by atoms with E-state index in [1.165, 1.54) is 13.1 Å². The molecule has 1 heterocycles. The second-order valence-corrected chi connectivity index (χ2v) is 6.26. The summed E-state index contributed by atoms with van der Waals surface area (Å²) >= 11 is 0. The van der Waals surface area contributed by atoms with Crippen molar-refractivity contribution in [1.82, 2.24) is 4.98 Å². The molecule has 0 aliphatic heterocycles. The fraction of sp³-hybridized carbons (Fsp3) is 0.136. The van der Waals surface area contributed by atoms with E-state index in [-0.39, 0.29) is 11.8 Å². The van der Waals surface area contributed by atoms with Gasteiger partial charge in [0.05, 0.1) is 24.1 Å². The van der Waals surface area contributed by atoms with E-state index in [0.29, 0.717) is 29.2 Å². The number of ether oxygens (including phenoxy) is 1. The van der Waals surface area contributed by atoms with E-state index < -0.39 is 0 Å². The van der Waals surface area contributed by atoms with E-state index in [0.717, 1.165) is 11.4 Å². The molecule has 0 radical (unpaired) electrons. The summed E-state index contributed by atoms with van der Waals surface area (Å²) in [5.41, 5.74) is 3.30. The van der Waals surface area contributed by atoms with Crippen LogP contribution in [0.15, 0.2) is 67.0 Å². The van der Waals surface area contributed by atoms with Gasteiger partial charge in [0.1, 0.15) is 5.75 Å². The normalized spacial score (nSPS) is 10.1. The lowest BCUT2D eigenvalue weighted by atomic mass is 10.2. The van der Waals surface area contributed by atoms with Gasteiger partial charge in [0.2, 0.25) is 5.91 Å². The van der Waals surface area contributed by atoms with E-state index in [1.54, 1.807) is 48.7 Å². The van der Waals surface area contributed by atoms with Crippen molar-refractivity contribution in [2.75, 3.05) is 22.6 Å². The van der Waals surface area contributed by atoms with Crippen LogP contribution in [0.25, 0.3) is 0 Å². The summed E-state index contributed by atoms with van der Waals surface area (Å²) < 4.78 is 5.40. The molecular formula is C22H22N4O3. The molecule has 2 amide bonds. The number of amides is 2. The van der Waals surface area contributed by atoms with Gasteiger partial charge in [0, 0.05) is 30.2 Å². The molecule has 3 rings (SSSR count). The maximum absolute atomic E-state index is 12.5. The number of pyridine rings is 1. The Balaban J connectivity index is 1.65. The number of benzene rings is 2. The predicted molar refractivity (Wildman–Crippen MR) is 114 cm³/mol. The van der Waals surface area contributed by atoms with Crippen LogP contribution in [-0.4, -0.2) is 23.4 Å². The van der Waals surface area contributed by atoms with Gasteiger partial charge in [0.15, 0.2) is 0 Å². The van der Waals surface area contributed by atoms with Crippen LogP contribution in [0.3, 0.4) is 0 Å². The molecule has 7 heteroatoms. The molecule has 7 nitrogen and oxygen atoms in total. The maximum atomic E-state index is 12.5. The van der Waals surface area contributed by atoms with Gasteiger partial charge < -0.3 is 20.7 Å². The Morgan fingerprint density at radius 3 is 2.14 bits per heavy atom. The Kier molecular flexibility index (Phi) is 6.42. The standard InChI is InChI=1S/C22H22N4O3/c1-3-29-21-10-8-19(9-11-21)26-22(28)16-12-20(14-23-13-16)25-18-6-4-17(5-7-18)24-15(2)27/h4-14,25H,3H2,1-2H3,(H,24,27)(H,26,28). The van der Waals surface area contributed by atoms with Crippen LogP contribution in [0.1, 0.15) is 24.2 Å². The highest BCUT2D eigenvalue weighted by atomic mass is 16.5. The fourth-order valence-electron chi connectivity index (χ4n) is 2.64. The van der Waals surface area contributed by atoms with Gasteiger partial charge in [-0.15, -0.1) is 0 Å². The van der Waals surface area contributed by atoms with E-state index in [9.17, 15) is 9.59 Å². The number of hydrogen-bond donors (Lipinski definition) is 3. The highest BCUT2D eigenvalue weighted by Crippen LogP contribution is 2.20. The Morgan fingerprint density at radius 1 is 0.862 bits per heavy atom. The van der Waals surface area contributed by atoms with Crippen molar-refractivity contribution in [1.29, 1.82) is 0 Å². The molecule has 3 aromatic rings. The zero-order valence-corrected chi connectivity index (χ0v) is 16.2. The highest BCUT2D eigenvalue weighted by Gasteiger charge is 2.08. The minimum Gasteiger partial charge on any atom is -0.494 e. The number of nitrogens with zero attached hydrogens (tertiary/aromatic N) is 1. The SMILES string of the molecule is CCOc1ccc(NC(=O)c2cncc(Nc3ccc(NC(C)=O)cc3)c2)cc1. The lowest BCUT2D eigenvalue weighted by Crippen LogP contribution is -2.12. The van der Waals surface area contributed by atoms with Crippen molar-refractivity contribution in [2.24, 2.45) is 0 Å². The molecule has 0 bridgehead atoms. The number of carbonyl (C=O) groups excluding carboxylic acids is 2. The Hall–Kier alpha value is -3.87. The minimum atomic E-state index is -0.258. The molecule has 0 fully saturated rings. The van der Waals surface area contributed by atoms with E-state index in [2.05, 4.69) is 20.9 Å². The third-order valence-electron chi connectivity index (χ3n) is 3.92. The van der Waals surface area contributed by atoms with Crippen molar-refractivity contribution in [2.45, 2.75) is 13.8 Å². The van der Waals surface area contributed by atoms with Crippen LogP contribution in [0, 0.1) is 0 Å². The second-order valence-electron chi connectivity index (χ2n) is 6.26. The summed E-state index contributed by atoms with van der Waals surface area (Å²) in [6.45, 7) is 3.97. The fourth-order valence-corrected chi connectivity index (χ4v) is 2.64. The molecule has 2 aromatic carbocycles. The van der Waals surface area contributed by atoms with E-state index >= 15 is 0 Å². The molecule has 148 valence electrons. The third kappa shape index (κ3) is 5.80. The summed E-state index contributed by atoms with van der Waals surface area (Å²) in [5, 5.41) is 8.75. The summed E-state index contributed by atoms with van der Waals surface area (Å²) in [6.07, 6.45) is 3.14. The Morgan fingerprint density at radius 2 is 1.48 bits per heavy atom. The highest BCUT2D eigenvalue weighted by molar-refractivity contribution is 6.04. The van der Waals surface area contributed by atoms with Crippen molar-refractivity contribution in [3.05, 3.63) is 72.6 Å². The van der Waals surface area contributed by atoms with Gasteiger partial charge in [-0.3, -0.25) is 14.6 Å². The molecular weight excluding hydrogens is 368 g/mol. The predicted octanol–water partition coefficient (Wildman–Crippen LogP) is 4.43. The first-order valence-electron chi connectivity index (χ1n) is 9.17. The van der Waals surface area contributed by atoms with Gasteiger partial charge in [-0.25, -0.2) is 0 Å². The number of rotatable bonds is 7. The Labute approximate surface area is 169 Å². The summed E-state index contributed by atoms with van der Waals surface area (Å²) in [4.78, 5) is 27.8. The molecule has 29 heavy (non-hydrogen) atoms. The van der Waals surface area contributed by atoms with Crippen LogP contribution in [-0.2, 0) is 4.79 Å². The van der Waals surface area contributed by atoms with Crippen molar-refractivity contribution < 1.29 is 14.3 Å². The third-order valence-corrected chi connectivity index (χ3v) is 3.92. The number of hydrogen-bond acceptors (Lipinski definition) is 5. The Bertz CT molecular complexity index is 986. The van der Waals surface area contributed by atoms with Crippen molar-refractivity contribution >= 4 is 34.6 Å². The van der Waals surface area contributed by atoms with Crippen LogP contribution in [0.5, 0.6) is 5.75 Å². The zero-order chi connectivity index (χ0) is 20.6. The monoisotopic (exact) mass is 390 g/mol. The molecule has 0 aliphatic rings. The van der Waals surface area contributed by atoms with Gasteiger partial charge in [-0.2, -0.15) is 0 Å². The van der Waals surface area contributed by atoms with E-state index in [4.69, 9.17) is 4.74 Å². The van der Waals surface area contributed by atoms with Gasteiger partial charge in [0.25, 0.3) is 5.91 Å². The average Bonchev–Trinajstić information content (AvgIpc) is 2.71. The summed E-state index contributed by atoms with van der Waals surface area (Å²) in [5.74, 6) is 0.371.